The first-order chi connectivity index (χ1) is 19.9. The maximum absolute atomic E-state index is 14.2. The smallest absolute Gasteiger partial charge is 0.429 e. The van der Waals surface area contributed by atoms with Crippen molar-refractivity contribution in [3.63, 3.8) is 0 Å². The number of hydrogen-bond donors (Lipinski definition) is 1. The number of ether oxygens (including phenoxy) is 3. The Balaban J connectivity index is 2.23. The van der Waals surface area contributed by atoms with Gasteiger partial charge in [0.2, 0.25) is 0 Å². The van der Waals surface area contributed by atoms with Crippen LogP contribution in [0.4, 0.5) is 27.2 Å². The van der Waals surface area contributed by atoms with Crippen LogP contribution in [-0.2, 0) is 27.1 Å². The van der Waals surface area contributed by atoms with Gasteiger partial charge in [-0.05, 0) is 89.8 Å². The van der Waals surface area contributed by atoms with Gasteiger partial charge >= 0.3 is 12.2 Å². The number of nitrogens with zero attached hydrogens (tertiary/aromatic N) is 2. The van der Waals surface area contributed by atoms with Crippen LogP contribution in [0.25, 0.3) is 0 Å². The Bertz CT molecular complexity index is 1260. The molecule has 2 aromatic rings. The zero-order valence-corrected chi connectivity index (χ0v) is 25.6. The van der Waals surface area contributed by atoms with Gasteiger partial charge in [0.1, 0.15) is 40.6 Å². The molecule has 8 nitrogen and oxygen atoms in total. The Morgan fingerprint density at radius 3 is 1.60 bits per heavy atom. The van der Waals surface area contributed by atoms with Crippen molar-refractivity contribution in [2.24, 2.45) is 0 Å². The van der Waals surface area contributed by atoms with Crippen LogP contribution in [-0.4, -0.2) is 75.3 Å². The molecule has 2 aromatic carbocycles. The quantitative estimate of drug-likeness (QED) is 0.154. The van der Waals surface area contributed by atoms with Gasteiger partial charge in [-0.25, -0.2) is 37.2 Å². The van der Waals surface area contributed by atoms with Crippen LogP contribution >= 0.6 is 11.6 Å². The van der Waals surface area contributed by atoms with Gasteiger partial charge in [0.15, 0.2) is 0 Å². The van der Waals surface area contributed by atoms with Gasteiger partial charge in [0.05, 0.1) is 30.7 Å². The molecule has 0 radical (unpaired) electrons. The second-order valence-electron chi connectivity index (χ2n) is 12.3. The lowest BCUT2D eigenvalue weighted by atomic mass is 9.99. The van der Waals surface area contributed by atoms with Gasteiger partial charge in [0.25, 0.3) is 0 Å². The van der Waals surface area contributed by atoms with E-state index in [0.29, 0.717) is 12.1 Å². The van der Waals surface area contributed by atoms with Crippen molar-refractivity contribution in [3.8, 4) is 0 Å². The molecule has 0 saturated carbocycles. The molecule has 1 saturated heterocycles. The molecule has 1 heterocycles. The Morgan fingerprint density at radius 1 is 0.837 bits per heavy atom. The van der Waals surface area contributed by atoms with E-state index in [2.05, 4.69) is 0 Å². The normalized spacial score (nSPS) is 17.1. The second kappa shape index (κ2) is 13.7. The maximum atomic E-state index is 14.2. The monoisotopic (exact) mass is 632 g/mol. The molecule has 2 amide bonds. The van der Waals surface area contributed by atoms with E-state index in [1.807, 2.05) is 0 Å². The van der Waals surface area contributed by atoms with E-state index in [-0.39, 0.29) is 30.6 Å². The van der Waals surface area contributed by atoms with Crippen LogP contribution in [0.1, 0.15) is 52.7 Å². The summed E-state index contributed by atoms with van der Waals surface area (Å²) in [6, 6.07) is 2.97. The SMILES string of the molecule is CC(C)(C)OC(=O)N([C@@H](Cc1cc(F)cc(F)c1)[C@H](O)CCl)N(C(=O)OC(C)(C)C)[C@@H](Cc1cc(F)cc(F)c1)[C@H]1CO1. The third kappa shape index (κ3) is 10.3. The minimum Gasteiger partial charge on any atom is -0.442 e. The fourth-order valence-electron chi connectivity index (χ4n) is 4.47. The number of epoxide rings is 1. The number of amides is 2. The largest absolute Gasteiger partial charge is 0.442 e. The average molecular weight is 633 g/mol. The van der Waals surface area contributed by atoms with E-state index in [4.69, 9.17) is 25.8 Å². The second-order valence-corrected chi connectivity index (χ2v) is 12.7. The molecule has 238 valence electrons. The summed E-state index contributed by atoms with van der Waals surface area (Å²) in [6.45, 7) is 9.62. The number of hydrogen-bond acceptors (Lipinski definition) is 6. The van der Waals surface area contributed by atoms with Crippen LogP contribution in [0.3, 0.4) is 0 Å². The summed E-state index contributed by atoms with van der Waals surface area (Å²) in [5.74, 6) is -3.98. The third-order valence-electron chi connectivity index (χ3n) is 6.15. The van der Waals surface area contributed by atoms with E-state index in [1.165, 1.54) is 0 Å². The van der Waals surface area contributed by atoms with E-state index < -0.39 is 76.8 Å². The molecule has 0 aliphatic carbocycles. The predicted molar refractivity (Wildman–Crippen MR) is 150 cm³/mol. The first-order valence-corrected chi connectivity index (χ1v) is 14.2. The van der Waals surface area contributed by atoms with Gasteiger partial charge in [-0.1, -0.05) is 0 Å². The van der Waals surface area contributed by atoms with Crippen LogP contribution < -0.4 is 0 Å². The van der Waals surface area contributed by atoms with Crippen molar-refractivity contribution < 1.29 is 46.5 Å². The highest BCUT2D eigenvalue weighted by atomic mass is 35.5. The first kappa shape index (κ1) is 34.4. The van der Waals surface area contributed by atoms with Gasteiger partial charge in [-0.3, -0.25) is 0 Å². The standard InChI is InChI=1S/C30H37ClF4N2O6/c1-29(2,3)42-27(39)36(23(25(38)15-31)11-17-7-19(32)13-20(33)8-17)37(28(40)43-30(4,5)6)24(26-16-41-26)12-18-9-21(34)14-22(35)10-18/h7-10,13-14,23-26,38H,11-12,15-16H2,1-6H3/t23-,24-,25+,26+/m0/s1. The topological polar surface area (TPSA) is 91.8 Å². The molecule has 1 aliphatic rings. The fourth-order valence-corrected chi connectivity index (χ4v) is 4.67. The Morgan fingerprint density at radius 2 is 1.23 bits per heavy atom. The van der Waals surface area contributed by atoms with E-state index in [1.54, 1.807) is 41.5 Å². The van der Waals surface area contributed by atoms with Gasteiger partial charge in [0, 0.05) is 12.1 Å². The fraction of sp³-hybridized carbons (Fsp3) is 0.533. The van der Waals surface area contributed by atoms with Crippen molar-refractivity contribution in [1.29, 1.82) is 0 Å². The number of aliphatic hydroxyl groups is 1. The summed E-state index contributed by atoms with van der Waals surface area (Å²) in [4.78, 5) is 27.9. The molecule has 1 aliphatic heterocycles. The Hall–Kier alpha value is -3.09. The summed E-state index contributed by atoms with van der Waals surface area (Å²) >= 11 is 6.05. The summed E-state index contributed by atoms with van der Waals surface area (Å²) in [6.07, 6.45) is -5.07. The van der Waals surface area contributed by atoms with Crippen molar-refractivity contribution in [3.05, 3.63) is 70.8 Å². The first-order valence-electron chi connectivity index (χ1n) is 13.7. The molecule has 43 heavy (non-hydrogen) atoms. The third-order valence-corrected chi connectivity index (χ3v) is 6.46. The van der Waals surface area contributed by atoms with Crippen molar-refractivity contribution in [2.45, 2.75) is 89.9 Å². The molecule has 0 spiro atoms. The number of carbonyl (C=O) groups excluding carboxylic acids is 2. The maximum Gasteiger partial charge on any atom is 0.429 e. The molecule has 0 aromatic heterocycles. The minimum atomic E-state index is -1.56. The van der Waals surface area contributed by atoms with Crippen LogP contribution in [0.15, 0.2) is 36.4 Å². The summed E-state index contributed by atoms with van der Waals surface area (Å²) in [5, 5.41) is 12.8. The van der Waals surface area contributed by atoms with Crippen molar-refractivity contribution >= 4 is 23.8 Å². The minimum absolute atomic E-state index is 0.0378. The molecule has 0 unspecified atom stereocenters. The predicted octanol–water partition coefficient (Wildman–Crippen LogP) is 6.15. The van der Waals surface area contributed by atoms with Gasteiger partial charge in [-0.15, -0.1) is 11.6 Å². The molecule has 13 heteroatoms. The number of carbonyl (C=O) groups is 2. The summed E-state index contributed by atoms with van der Waals surface area (Å²) < 4.78 is 73.5. The number of hydrazine groups is 1. The molecule has 0 bridgehead atoms. The Labute approximate surface area is 253 Å². The highest BCUT2D eigenvalue weighted by Gasteiger charge is 2.49. The Kier molecular flexibility index (Phi) is 11.0. The highest BCUT2D eigenvalue weighted by Crippen LogP contribution is 2.31. The number of aliphatic hydroxyl groups excluding tert-OH is 1. The molecule has 3 rings (SSSR count). The van der Waals surface area contributed by atoms with Gasteiger partial charge in [-0.2, -0.15) is 0 Å². The van der Waals surface area contributed by atoms with E-state index >= 15 is 0 Å². The zero-order valence-electron chi connectivity index (χ0n) is 24.9. The van der Waals surface area contributed by atoms with Crippen molar-refractivity contribution in [2.75, 3.05) is 12.5 Å². The number of halogens is 5. The number of alkyl halides is 1. The van der Waals surface area contributed by atoms with Crippen LogP contribution in [0.5, 0.6) is 0 Å². The molecule has 4 atom stereocenters. The van der Waals surface area contributed by atoms with Crippen molar-refractivity contribution in [1.82, 2.24) is 10.0 Å². The van der Waals surface area contributed by atoms with Crippen LogP contribution in [0, 0.1) is 23.3 Å². The average Bonchev–Trinajstić information content (AvgIpc) is 3.66. The lowest BCUT2D eigenvalue weighted by molar-refractivity contribution is -0.115. The van der Waals surface area contributed by atoms with Gasteiger partial charge < -0.3 is 19.3 Å². The number of rotatable bonds is 9. The summed E-state index contributed by atoms with van der Waals surface area (Å²) in [5.41, 5.74) is -2.01. The zero-order chi connectivity index (χ0) is 32.3. The summed E-state index contributed by atoms with van der Waals surface area (Å²) in [7, 11) is 0. The lowest BCUT2D eigenvalue weighted by Crippen LogP contribution is -2.64. The number of benzene rings is 2. The van der Waals surface area contributed by atoms with E-state index in [0.717, 1.165) is 34.3 Å². The highest BCUT2D eigenvalue weighted by molar-refractivity contribution is 6.18. The molecular weight excluding hydrogens is 596 g/mol. The molecule has 1 fully saturated rings. The molecular formula is C30H37ClF4N2O6. The lowest BCUT2D eigenvalue weighted by Gasteiger charge is -2.45. The van der Waals surface area contributed by atoms with Crippen LogP contribution in [0.2, 0.25) is 0 Å². The molecule has 1 N–H and O–H groups in total. The van der Waals surface area contributed by atoms with E-state index in [9.17, 15) is 32.3 Å².